The molecule has 0 amide bonds. The van der Waals surface area contributed by atoms with Crippen LogP contribution >= 0.6 is 22.9 Å². The largest absolute Gasteiger partial charge is 0.381 e. The van der Waals surface area contributed by atoms with E-state index in [0.29, 0.717) is 17.3 Å². The summed E-state index contributed by atoms with van der Waals surface area (Å²) in [4.78, 5) is 5.15. The van der Waals surface area contributed by atoms with Crippen LogP contribution in [0.15, 0.2) is 6.20 Å². The minimum Gasteiger partial charge on any atom is -0.381 e. The van der Waals surface area contributed by atoms with Crippen molar-refractivity contribution in [2.45, 2.75) is 33.4 Å². The molecule has 0 saturated heterocycles. The molecule has 0 aliphatic heterocycles. The van der Waals surface area contributed by atoms with Gasteiger partial charge in [-0.25, -0.2) is 4.98 Å². The molecule has 92 valence electrons. The Hall–Kier alpha value is -0.910. The van der Waals surface area contributed by atoms with Crippen molar-refractivity contribution < 1.29 is 5.11 Å². The third-order valence-electron chi connectivity index (χ3n) is 2.58. The molecule has 0 aromatic carbocycles. The molecule has 1 unspecified atom stereocenters. The summed E-state index contributed by atoms with van der Waals surface area (Å²) in [6.07, 6.45) is 0.809. The summed E-state index contributed by atoms with van der Waals surface area (Å²) in [6, 6.07) is 0. The lowest BCUT2D eigenvalue weighted by Crippen LogP contribution is -2.09. The Morgan fingerprint density at radius 2 is 2.24 bits per heavy atom. The van der Waals surface area contributed by atoms with Crippen LogP contribution in [-0.4, -0.2) is 19.9 Å². The molecule has 4 nitrogen and oxygen atoms in total. The van der Waals surface area contributed by atoms with Crippen molar-refractivity contribution in [1.29, 1.82) is 0 Å². The minimum absolute atomic E-state index is 0.491. The van der Waals surface area contributed by atoms with Gasteiger partial charge in [-0.15, -0.1) is 11.3 Å². The number of aliphatic hydroxyl groups excluding tert-OH is 1. The van der Waals surface area contributed by atoms with Crippen LogP contribution in [0.5, 0.6) is 0 Å². The van der Waals surface area contributed by atoms with Gasteiger partial charge in [-0.2, -0.15) is 5.10 Å². The monoisotopic (exact) mass is 271 g/mol. The van der Waals surface area contributed by atoms with Gasteiger partial charge in [0, 0.05) is 6.54 Å². The molecule has 1 N–H and O–H groups in total. The molecule has 17 heavy (non-hydrogen) atoms. The first-order valence-electron chi connectivity index (χ1n) is 5.37. The molecule has 0 radical (unpaired) electrons. The Morgan fingerprint density at radius 1 is 1.53 bits per heavy atom. The molecule has 2 aromatic heterocycles. The van der Waals surface area contributed by atoms with Gasteiger partial charge in [-0.1, -0.05) is 11.6 Å². The average Bonchev–Trinajstić information content (AvgIpc) is 2.80. The SMILES string of the molecule is CCn1ncc(Cl)c1C(O)c1sc(C)nc1C. The second kappa shape index (κ2) is 4.76. The average molecular weight is 272 g/mol. The number of hydrogen-bond acceptors (Lipinski definition) is 4. The van der Waals surface area contributed by atoms with E-state index in [4.69, 9.17) is 11.6 Å². The van der Waals surface area contributed by atoms with Gasteiger partial charge in [-0.3, -0.25) is 4.68 Å². The first-order valence-corrected chi connectivity index (χ1v) is 6.57. The van der Waals surface area contributed by atoms with Gasteiger partial charge < -0.3 is 5.11 Å². The van der Waals surface area contributed by atoms with Crippen molar-refractivity contribution in [1.82, 2.24) is 14.8 Å². The number of aliphatic hydroxyl groups is 1. The highest BCUT2D eigenvalue weighted by atomic mass is 35.5. The number of halogens is 1. The van der Waals surface area contributed by atoms with Crippen molar-refractivity contribution >= 4 is 22.9 Å². The highest BCUT2D eigenvalue weighted by Gasteiger charge is 2.23. The second-order valence-electron chi connectivity index (χ2n) is 3.78. The van der Waals surface area contributed by atoms with Crippen LogP contribution in [0, 0.1) is 13.8 Å². The van der Waals surface area contributed by atoms with Gasteiger partial charge in [0.05, 0.1) is 32.5 Å². The van der Waals surface area contributed by atoms with Gasteiger partial charge in [0.15, 0.2) is 0 Å². The fraction of sp³-hybridized carbons (Fsp3) is 0.455. The summed E-state index contributed by atoms with van der Waals surface area (Å²) in [5, 5.41) is 15.9. The van der Waals surface area contributed by atoms with E-state index in [2.05, 4.69) is 10.1 Å². The molecule has 2 rings (SSSR count). The number of rotatable bonds is 3. The molecule has 6 heteroatoms. The molecular formula is C11H14ClN3OS. The van der Waals surface area contributed by atoms with Crippen LogP contribution in [0.25, 0.3) is 0 Å². The van der Waals surface area contributed by atoms with Crippen LogP contribution in [-0.2, 0) is 6.54 Å². The van der Waals surface area contributed by atoms with Crippen molar-refractivity contribution in [3.05, 3.63) is 32.5 Å². The third kappa shape index (κ3) is 2.22. The standard InChI is InChI=1S/C11H14ClN3OS/c1-4-15-9(8(12)5-13-15)10(16)11-6(2)14-7(3)17-11/h5,10,16H,4H2,1-3H3. The number of aromatic nitrogens is 3. The predicted molar refractivity (Wildman–Crippen MR) is 68.6 cm³/mol. The first kappa shape index (κ1) is 12.5. The van der Waals surface area contributed by atoms with Crippen LogP contribution in [0.4, 0.5) is 0 Å². The maximum Gasteiger partial charge on any atom is 0.133 e. The summed E-state index contributed by atoms with van der Waals surface area (Å²) in [6.45, 7) is 6.45. The van der Waals surface area contributed by atoms with Crippen molar-refractivity contribution in [3.8, 4) is 0 Å². The molecule has 0 fully saturated rings. The summed E-state index contributed by atoms with van der Waals surface area (Å²) in [5.74, 6) is 0. The Morgan fingerprint density at radius 3 is 2.76 bits per heavy atom. The van der Waals surface area contributed by atoms with Crippen molar-refractivity contribution in [3.63, 3.8) is 0 Å². The minimum atomic E-state index is -0.754. The Labute approximate surface area is 109 Å². The van der Waals surface area contributed by atoms with E-state index in [1.54, 1.807) is 10.9 Å². The van der Waals surface area contributed by atoms with Crippen LogP contribution in [0.2, 0.25) is 5.02 Å². The zero-order valence-electron chi connectivity index (χ0n) is 9.94. The van der Waals surface area contributed by atoms with Gasteiger partial charge in [0.1, 0.15) is 6.10 Å². The lowest BCUT2D eigenvalue weighted by molar-refractivity contribution is 0.211. The predicted octanol–water partition coefficient (Wildman–Crippen LogP) is 2.71. The number of thiazole rings is 1. The van der Waals surface area contributed by atoms with Crippen molar-refractivity contribution in [2.24, 2.45) is 0 Å². The fourth-order valence-corrected chi connectivity index (χ4v) is 2.98. The van der Waals surface area contributed by atoms with E-state index < -0.39 is 6.10 Å². The molecular weight excluding hydrogens is 258 g/mol. The molecule has 0 spiro atoms. The molecule has 0 bridgehead atoms. The van der Waals surface area contributed by atoms with Gasteiger partial charge in [0.2, 0.25) is 0 Å². The number of nitrogens with zero attached hydrogens (tertiary/aromatic N) is 3. The summed E-state index contributed by atoms with van der Waals surface area (Å²) < 4.78 is 1.71. The number of aryl methyl sites for hydroxylation is 3. The zero-order chi connectivity index (χ0) is 12.6. The second-order valence-corrected chi connectivity index (χ2v) is 5.42. The lowest BCUT2D eigenvalue weighted by atomic mass is 10.2. The highest BCUT2D eigenvalue weighted by molar-refractivity contribution is 7.11. The normalized spacial score (nSPS) is 13.0. The molecule has 2 heterocycles. The molecule has 0 aliphatic carbocycles. The molecule has 1 atom stereocenters. The first-order chi connectivity index (χ1) is 8.04. The van der Waals surface area contributed by atoms with Crippen LogP contribution < -0.4 is 0 Å². The maximum atomic E-state index is 10.4. The van der Waals surface area contributed by atoms with Gasteiger partial charge in [0.25, 0.3) is 0 Å². The third-order valence-corrected chi connectivity index (χ3v) is 4.00. The summed E-state index contributed by atoms with van der Waals surface area (Å²) >= 11 is 7.56. The Bertz CT molecular complexity index is 535. The molecule has 2 aromatic rings. The summed E-state index contributed by atoms with van der Waals surface area (Å²) in [5.41, 5.74) is 1.49. The van der Waals surface area contributed by atoms with E-state index >= 15 is 0 Å². The van der Waals surface area contributed by atoms with E-state index in [1.807, 2.05) is 20.8 Å². The lowest BCUT2D eigenvalue weighted by Gasteiger charge is -2.12. The zero-order valence-corrected chi connectivity index (χ0v) is 11.5. The Kier molecular flexibility index (Phi) is 3.51. The smallest absolute Gasteiger partial charge is 0.133 e. The van der Waals surface area contributed by atoms with Gasteiger partial charge >= 0.3 is 0 Å². The quantitative estimate of drug-likeness (QED) is 0.934. The number of hydrogen-bond donors (Lipinski definition) is 1. The Balaban J connectivity index is 2.46. The fourth-order valence-electron chi connectivity index (χ4n) is 1.82. The van der Waals surface area contributed by atoms with Crippen LogP contribution in [0.3, 0.4) is 0 Å². The van der Waals surface area contributed by atoms with E-state index in [1.165, 1.54) is 11.3 Å². The van der Waals surface area contributed by atoms with E-state index in [-0.39, 0.29) is 0 Å². The van der Waals surface area contributed by atoms with E-state index in [0.717, 1.165) is 15.6 Å². The maximum absolute atomic E-state index is 10.4. The topological polar surface area (TPSA) is 50.9 Å². The molecule has 0 aliphatic rings. The van der Waals surface area contributed by atoms with E-state index in [9.17, 15) is 5.11 Å². The molecule has 0 saturated carbocycles. The van der Waals surface area contributed by atoms with Crippen molar-refractivity contribution in [2.75, 3.05) is 0 Å². The highest BCUT2D eigenvalue weighted by Crippen LogP contribution is 2.33. The van der Waals surface area contributed by atoms with Crippen LogP contribution in [0.1, 0.15) is 34.3 Å². The summed E-state index contributed by atoms with van der Waals surface area (Å²) in [7, 11) is 0. The van der Waals surface area contributed by atoms with Gasteiger partial charge in [-0.05, 0) is 20.8 Å².